The predicted octanol–water partition coefficient (Wildman–Crippen LogP) is 1.46. The number of aldehydes is 1. The molecule has 0 saturated heterocycles. The summed E-state index contributed by atoms with van der Waals surface area (Å²) in [7, 11) is 0. The first-order valence-electron chi connectivity index (χ1n) is 4.41. The van der Waals surface area contributed by atoms with E-state index in [1.807, 2.05) is 6.92 Å². The van der Waals surface area contributed by atoms with Gasteiger partial charge in [-0.05, 0) is 19.9 Å². The molecule has 1 N–H and O–H groups in total. The van der Waals surface area contributed by atoms with Gasteiger partial charge in [-0.2, -0.15) is 0 Å². The zero-order chi connectivity index (χ0) is 11.8. The number of rotatable bonds is 6. The van der Waals surface area contributed by atoms with Crippen LogP contribution in [0.3, 0.4) is 0 Å². The van der Waals surface area contributed by atoms with Gasteiger partial charge in [-0.15, -0.1) is 0 Å². The summed E-state index contributed by atoms with van der Waals surface area (Å²) in [6.07, 6.45) is 1.08. The predicted molar refractivity (Wildman–Crippen MR) is 52.9 cm³/mol. The molecule has 0 bridgehead atoms. The van der Waals surface area contributed by atoms with E-state index in [1.165, 1.54) is 6.92 Å². The van der Waals surface area contributed by atoms with E-state index >= 15 is 0 Å². The Morgan fingerprint density at radius 3 is 2.60 bits per heavy atom. The van der Waals surface area contributed by atoms with Crippen LogP contribution in [-0.4, -0.2) is 24.0 Å². The second-order valence-electron chi connectivity index (χ2n) is 2.77. The minimum absolute atomic E-state index is 0.0283. The minimum Gasteiger partial charge on any atom is -0.480 e. The summed E-state index contributed by atoms with van der Waals surface area (Å²) in [6.45, 7) is 6.68. The van der Waals surface area contributed by atoms with Gasteiger partial charge in [-0.25, -0.2) is 4.79 Å². The average Bonchev–Trinajstić information content (AvgIpc) is 2.24. The molecule has 0 amide bonds. The van der Waals surface area contributed by atoms with Crippen LogP contribution in [0, 0.1) is 0 Å². The Bertz CT molecular complexity index is 290. The fraction of sp³-hybridized carbons (Fsp3) is 0.400. The SMILES string of the molecule is C=C(OC(O)=C(C)C=O)C(=O)OCCC. The molecule has 0 aromatic heterocycles. The first-order valence-corrected chi connectivity index (χ1v) is 4.41. The number of aliphatic hydroxyl groups is 1. The van der Waals surface area contributed by atoms with Crippen molar-refractivity contribution >= 4 is 12.3 Å². The van der Waals surface area contributed by atoms with Gasteiger partial charge in [0.25, 0.3) is 5.95 Å². The quantitative estimate of drug-likeness (QED) is 0.313. The summed E-state index contributed by atoms with van der Waals surface area (Å²) in [4.78, 5) is 21.3. The van der Waals surface area contributed by atoms with E-state index in [0.29, 0.717) is 12.7 Å². The normalized spacial score (nSPS) is 11.3. The van der Waals surface area contributed by atoms with Crippen LogP contribution >= 0.6 is 0 Å². The molecular formula is C10H14O5. The van der Waals surface area contributed by atoms with Crippen molar-refractivity contribution in [1.82, 2.24) is 0 Å². The lowest BCUT2D eigenvalue weighted by molar-refractivity contribution is -0.143. The summed E-state index contributed by atoms with van der Waals surface area (Å²) < 4.78 is 9.28. The second kappa shape index (κ2) is 6.64. The largest absolute Gasteiger partial charge is 0.480 e. The van der Waals surface area contributed by atoms with Crippen molar-refractivity contribution in [3.8, 4) is 0 Å². The first-order chi connectivity index (χ1) is 7.02. The molecular weight excluding hydrogens is 200 g/mol. The summed E-state index contributed by atoms with van der Waals surface area (Å²) >= 11 is 0. The summed E-state index contributed by atoms with van der Waals surface area (Å²) in [5.74, 6) is -1.77. The van der Waals surface area contributed by atoms with Gasteiger partial charge in [0.1, 0.15) is 0 Å². The monoisotopic (exact) mass is 214 g/mol. The topological polar surface area (TPSA) is 72.8 Å². The lowest BCUT2D eigenvalue weighted by atomic mass is 10.4. The Labute approximate surface area is 88.0 Å². The fourth-order valence-electron chi connectivity index (χ4n) is 0.565. The van der Waals surface area contributed by atoms with Gasteiger partial charge in [-0.1, -0.05) is 6.92 Å². The molecule has 0 aliphatic rings. The maximum absolute atomic E-state index is 11.1. The van der Waals surface area contributed by atoms with Crippen molar-refractivity contribution in [2.45, 2.75) is 20.3 Å². The molecule has 0 radical (unpaired) electrons. The van der Waals surface area contributed by atoms with Crippen LogP contribution < -0.4 is 0 Å². The smallest absolute Gasteiger partial charge is 0.373 e. The van der Waals surface area contributed by atoms with Crippen molar-refractivity contribution < 1.29 is 24.2 Å². The highest BCUT2D eigenvalue weighted by Gasteiger charge is 2.12. The Morgan fingerprint density at radius 2 is 2.13 bits per heavy atom. The van der Waals surface area contributed by atoms with Crippen LogP contribution in [-0.2, 0) is 19.1 Å². The molecule has 0 heterocycles. The molecule has 0 aliphatic carbocycles. The van der Waals surface area contributed by atoms with Gasteiger partial charge in [-0.3, -0.25) is 4.79 Å². The molecule has 0 unspecified atom stereocenters. The van der Waals surface area contributed by atoms with Crippen molar-refractivity contribution in [1.29, 1.82) is 0 Å². The molecule has 0 aromatic rings. The Balaban J connectivity index is 4.25. The first kappa shape index (κ1) is 13.2. The lowest BCUT2D eigenvalue weighted by Gasteiger charge is -2.07. The number of carbonyl (C=O) groups is 2. The van der Waals surface area contributed by atoms with Crippen LogP contribution in [0.2, 0.25) is 0 Å². The maximum Gasteiger partial charge on any atom is 0.373 e. The van der Waals surface area contributed by atoms with E-state index in [9.17, 15) is 9.59 Å². The number of hydrogen-bond acceptors (Lipinski definition) is 5. The summed E-state index contributed by atoms with van der Waals surface area (Å²) in [5, 5.41) is 9.12. The van der Waals surface area contributed by atoms with E-state index < -0.39 is 11.9 Å². The highest BCUT2D eigenvalue weighted by atomic mass is 16.6. The lowest BCUT2D eigenvalue weighted by Crippen LogP contribution is -2.11. The third kappa shape index (κ3) is 4.85. The zero-order valence-corrected chi connectivity index (χ0v) is 8.78. The average molecular weight is 214 g/mol. The number of allylic oxidation sites excluding steroid dienone is 1. The van der Waals surface area contributed by atoms with E-state index in [-0.39, 0.29) is 17.9 Å². The fourth-order valence-corrected chi connectivity index (χ4v) is 0.565. The van der Waals surface area contributed by atoms with Crippen LogP contribution in [0.25, 0.3) is 0 Å². The molecule has 0 saturated carbocycles. The van der Waals surface area contributed by atoms with Gasteiger partial charge in [0, 0.05) is 0 Å². The van der Waals surface area contributed by atoms with E-state index in [0.717, 1.165) is 0 Å². The molecule has 0 spiro atoms. The van der Waals surface area contributed by atoms with E-state index in [1.54, 1.807) is 0 Å². The molecule has 15 heavy (non-hydrogen) atoms. The van der Waals surface area contributed by atoms with Crippen LogP contribution in [0.1, 0.15) is 20.3 Å². The van der Waals surface area contributed by atoms with Gasteiger partial charge in [0.2, 0.25) is 5.76 Å². The maximum atomic E-state index is 11.1. The van der Waals surface area contributed by atoms with E-state index in [2.05, 4.69) is 16.1 Å². The third-order valence-corrected chi connectivity index (χ3v) is 1.40. The number of ether oxygens (including phenoxy) is 2. The summed E-state index contributed by atoms with van der Waals surface area (Å²) in [5.41, 5.74) is -0.0283. The molecule has 0 aromatic carbocycles. The van der Waals surface area contributed by atoms with Crippen molar-refractivity contribution in [3.63, 3.8) is 0 Å². The highest BCUT2D eigenvalue weighted by molar-refractivity contribution is 5.85. The van der Waals surface area contributed by atoms with Crippen LogP contribution in [0.5, 0.6) is 0 Å². The second-order valence-corrected chi connectivity index (χ2v) is 2.77. The third-order valence-electron chi connectivity index (χ3n) is 1.40. The van der Waals surface area contributed by atoms with E-state index in [4.69, 9.17) is 5.11 Å². The Hall–Kier alpha value is -1.78. The zero-order valence-electron chi connectivity index (χ0n) is 8.78. The van der Waals surface area contributed by atoms with Gasteiger partial charge in [0.15, 0.2) is 6.29 Å². The highest BCUT2D eigenvalue weighted by Crippen LogP contribution is 2.07. The van der Waals surface area contributed by atoms with Crippen molar-refractivity contribution in [2.75, 3.05) is 6.61 Å². The van der Waals surface area contributed by atoms with Gasteiger partial charge < -0.3 is 14.6 Å². The molecule has 5 nitrogen and oxygen atoms in total. The Morgan fingerprint density at radius 1 is 1.53 bits per heavy atom. The molecule has 0 aliphatic heterocycles. The van der Waals surface area contributed by atoms with Gasteiger partial charge in [0.05, 0.1) is 12.2 Å². The standard InChI is InChI=1S/C10H14O5/c1-4-5-14-10(13)8(3)15-9(12)7(2)6-11/h6,12H,3-5H2,1-2H3. The molecule has 0 fully saturated rings. The minimum atomic E-state index is -0.762. The summed E-state index contributed by atoms with van der Waals surface area (Å²) in [6, 6.07) is 0. The van der Waals surface area contributed by atoms with Crippen molar-refractivity contribution in [2.24, 2.45) is 0 Å². The Kier molecular flexibility index (Phi) is 5.85. The molecule has 5 heteroatoms. The molecule has 84 valence electrons. The number of aliphatic hydroxyl groups excluding tert-OH is 1. The number of esters is 1. The van der Waals surface area contributed by atoms with Crippen molar-refractivity contribution in [3.05, 3.63) is 23.9 Å². The molecule has 0 atom stereocenters. The number of hydrogen-bond donors (Lipinski definition) is 1. The van der Waals surface area contributed by atoms with Crippen LogP contribution in [0.4, 0.5) is 0 Å². The molecule has 0 rings (SSSR count). The van der Waals surface area contributed by atoms with Gasteiger partial charge >= 0.3 is 5.97 Å². The number of carbonyl (C=O) groups excluding carboxylic acids is 2. The van der Waals surface area contributed by atoms with Crippen LogP contribution in [0.15, 0.2) is 23.9 Å².